The topological polar surface area (TPSA) is 275 Å². The molecule has 1 saturated heterocycles. The molecule has 1 aliphatic heterocycles. The molecule has 3 heterocycles. The summed E-state index contributed by atoms with van der Waals surface area (Å²) in [6.07, 6.45) is 0.646. The van der Waals surface area contributed by atoms with Gasteiger partial charge in [-0.3, -0.25) is 14.1 Å². The number of nitrogens with zero attached hydrogens (tertiary/aromatic N) is 5. The predicted molar refractivity (Wildman–Crippen MR) is 163 cm³/mol. The molecule has 2 amide bonds. The number of halogens is 1. The highest BCUT2D eigenvalue weighted by molar-refractivity contribution is 7.80. The number of carboxylic acid groups (broad SMARTS) is 1. The van der Waals surface area contributed by atoms with E-state index < -0.39 is 70.1 Å². The first kappa shape index (κ1) is 36.1. The van der Waals surface area contributed by atoms with Gasteiger partial charge in [0, 0.05) is 23.6 Å². The number of hydrogen-bond donors (Lipinski definition) is 6. The molecule has 0 bridgehead atoms. The fourth-order valence-electron chi connectivity index (χ4n) is 4.45. The maximum absolute atomic E-state index is 15.1. The number of hydroxylamine groups is 2. The van der Waals surface area contributed by atoms with E-state index in [-0.39, 0.29) is 35.2 Å². The molecule has 0 radical (unpaired) electrons. The van der Waals surface area contributed by atoms with Gasteiger partial charge in [-0.25, -0.2) is 14.2 Å². The minimum Gasteiger partial charge on any atom is -0.489 e. The van der Waals surface area contributed by atoms with Crippen LogP contribution in [0.5, 0.6) is 5.75 Å². The second-order valence-corrected chi connectivity index (χ2v) is 12.8. The maximum atomic E-state index is 15.1. The predicted octanol–water partition coefficient (Wildman–Crippen LogP) is -1.43. The number of aryl methyl sites for hydroxylation is 1. The number of thiazole rings is 1. The largest absolute Gasteiger partial charge is 0.489 e. The number of anilines is 1. The van der Waals surface area contributed by atoms with Crippen molar-refractivity contribution in [3.05, 3.63) is 47.5 Å². The van der Waals surface area contributed by atoms with E-state index >= 15 is 4.39 Å². The highest BCUT2D eigenvalue weighted by Gasteiger charge is 2.58. The molecule has 22 heteroatoms. The molecule has 1 aromatic carbocycles. The van der Waals surface area contributed by atoms with Crippen LogP contribution >= 0.6 is 11.3 Å². The number of aliphatic carboxylic acids is 1. The molecule has 2 aromatic heterocycles. The number of nitrogens with one attached hydrogen (secondary N) is 1. The molecule has 0 aliphatic carbocycles. The zero-order chi connectivity index (χ0) is 35.6. The van der Waals surface area contributed by atoms with E-state index in [1.54, 1.807) is 28.8 Å². The summed E-state index contributed by atoms with van der Waals surface area (Å²) in [5.74, 6) is -4.42. The van der Waals surface area contributed by atoms with E-state index in [0.29, 0.717) is 10.6 Å². The molecular weight excluding hydrogens is 683 g/mol. The fourth-order valence-corrected chi connectivity index (χ4v) is 5.45. The second kappa shape index (κ2) is 14.2. The Balaban J connectivity index is 1.47. The second-order valence-electron chi connectivity index (χ2n) is 10.9. The Labute approximate surface area is 276 Å². The van der Waals surface area contributed by atoms with Crippen LogP contribution < -0.4 is 26.2 Å². The number of rotatable bonds is 15. The minimum atomic E-state index is -5.05. The Morgan fingerprint density at radius 1 is 1.33 bits per heavy atom. The first-order valence-corrected chi connectivity index (χ1v) is 16.0. The van der Waals surface area contributed by atoms with Crippen molar-refractivity contribution in [3.63, 3.8) is 0 Å². The summed E-state index contributed by atoms with van der Waals surface area (Å²) >= 11 is 0.916. The number of carbonyl (C=O) groups excluding carboxylic acids is 2. The summed E-state index contributed by atoms with van der Waals surface area (Å²) in [6.45, 7) is 2.21. The number of aliphatic hydroxyl groups excluding tert-OH is 1. The van der Waals surface area contributed by atoms with Crippen molar-refractivity contribution in [2.75, 3.05) is 18.9 Å². The lowest BCUT2D eigenvalue weighted by Crippen LogP contribution is -2.76. The van der Waals surface area contributed by atoms with E-state index in [4.69, 9.17) is 25.6 Å². The van der Waals surface area contributed by atoms with Gasteiger partial charge < -0.3 is 36.6 Å². The number of carbonyl (C=O) groups is 3. The average Bonchev–Trinajstić information content (AvgIpc) is 3.59. The van der Waals surface area contributed by atoms with Crippen molar-refractivity contribution in [2.24, 2.45) is 17.9 Å². The number of amides is 2. The van der Waals surface area contributed by atoms with Crippen LogP contribution in [0.1, 0.15) is 19.5 Å². The zero-order valence-electron chi connectivity index (χ0n) is 25.5. The van der Waals surface area contributed by atoms with Crippen molar-refractivity contribution in [2.45, 2.75) is 44.2 Å². The molecule has 0 spiro atoms. The SMILES string of the molecule is C[n+]1cc(-c2ccc(OC[C@H](O/N=C(\C(=O)NC3C(=O)N(OS(=O)(=O)O)C3(C)C)c3csc(N)n3)C(=O)O)cc2F)cn1CC(O)CN. The van der Waals surface area contributed by atoms with Crippen molar-refractivity contribution in [1.82, 2.24) is 20.0 Å². The Morgan fingerprint density at radius 3 is 2.60 bits per heavy atom. The van der Waals surface area contributed by atoms with Crippen LogP contribution in [0.25, 0.3) is 11.1 Å². The fraction of sp³-hybridized carbons (Fsp3) is 0.385. The average molecular weight is 716 g/mol. The van der Waals surface area contributed by atoms with E-state index in [1.165, 1.54) is 31.4 Å². The number of oxime groups is 1. The third kappa shape index (κ3) is 8.21. The molecule has 8 N–H and O–H groups in total. The first-order chi connectivity index (χ1) is 22.4. The summed E-state index contributed by atoms with van der Waals surface area (Å²) < 4.78 is 59.2. The smallest absolute Gasteiger partial charge is 0.418 e. The quantitative estimate of drug-likeness (QED) is 0.0346. The first-order valence-electron chi connectivity index (χ1n) is 13.8. The van der Waals surface area contributed by atoms with Gasteiger partial charge in [0.05, 0.1) is 23.4 Å². The van der Waals surface area contributed by atoms with Crippen LogP contribution in [-0.4, -0.2) is 98.3 Å². The summed E-state index contributed by atoms with van der Waals surface area (Å²) in [4.78, 5) is 46.7. The van der Waals surface area contributed by atoms with Crippen molar-refractivity contribution < 1.29 is 60.5 Å². The highest BCUT2D eigenvalue weighted by Crippen LogP contribution is 2.33. The standard InChI is InChI=1S/C26H31FN8O11S2/c1-26(2)21(23(38)35(26)46-48(41,42)43)31-22(37)20(18-12-47-25(29)30-18)32-45-19(24(39)40)11-44-15-4-5-16(17(27)6-15)13-8-33(3)34(9-13)10-14(36)7-28/h4-6,8-9,12,14,19,21,36H,7,10-11,28H2,1-3H3,(H4-,29,30,31,37,39,40,41,42,43)/p+1/b32-20-/t14?,19-,21?/m0/s1. The van der Waals surface area contributed by atoms with Gasteiger partial charge in [-0.2, -0.15) is 18.2 Å². The molecule has 1 fully saturated rings. The van der Waals surface area contributed by atoms with E-state index in [9.17, 15) is 33.0 Å². The molecule has 0 saturated carbocycles. The van der Waals surface area contributed by atoms with Crippen molar-refractivity contribution in [3.8, 4) is 16.9 Å². The van der Waals surface area contributed by atoms with Gasteiger partial charge in [-0.15, -0.1) is 20.3 Å². The van der Waals surface area contributed by atoms with Gasteiger partial charge in [-0.05, 0) is 26.0 Å². The molecule has 19 nitrogen and oxygen atoms in total. The van der Waals surface area contributed by atoms with Crippen LogP contribution in [0.15, 0.2) is 41.1 Å². The normalized spacial score (nSPS) is 17.4. The van der Waals surface area contributed by atoms with Crippen molar-refractivity contribution >= 4 is 50.4 Å². The number of aromatic nitrogens is 3. The number of carboxylic acids is 1. The maximum Gasteiger partial charge on any atom is 0.418 e. The summed E-state index contributed by atoms with van der Waals surface area (Å²) in [5.41, 5.74) is 9.62. The molecule has 260 valence electrons. The lowest BCUT2D eigenvalue weighted by Gasteiger charge is -2.50. The van der Waals surface area contributed by atoms with Gasteiger partial charge in [0.25, 0.3) is 17.9 Å². The van der Waals surface area contributed by atoms with Gasteiger partial charge >= 0.3 is 16.4 Å². The number of nitrogens with two attached hydrogens (primary N) is 2. The van der Waals surface area contributed by atoms with Crippen LogP contribution in [-0.2, 0) is 47.5 Å². The Kier molecular flexibility index (Phi) is 10.7. The molecule has 3 aromatic rings. The van der Waals surface area contributed by atoms with Crippen molar-refractivity contribution in [1.29, 1.82) is 0 Å². The Hall–Kier alpha value is -4.74. The Bertz CT molecular complexity index is 1850. The number of ether oxygens (including phenoxy) is 1. The van der Waals surface area contributed by atoms with Gasteiger partial charge in [-0.1, -0.05) is 5.16 Å². The number of β-lactam (4-membered cyclic amide) rings is 1. The van der Waals surface area contributed by atoms with E-state index in [1.807, 2.05) is 0 Å². The summed E-state index contributed by atoms with van der Waals surface area (Å²) in [7, 11) is -3.34. The molecular formula is C26H32FN8O11S2+. The number of aliphatic hydroxyl groups is 1. The van der Waals surface area contributed by atoms with Gasteiger partial charge in [0.1, 0.15) is 36.5 Å². The zero-order valence-corrected chi connectivity index (χ0v) is 27.1. The molecule has 4 rings (SSSR count). The molecule has 3 atom stereocenters. The lowest BCUT2D eigenvalue weighted by atomic mass is 9.84. The third-order valence-electron chi connectivity index (χ3n) is 6.99. The van der Waals surface area contributed by atoms with E-state index in [2.05, 4.69) is 19.7 Å². The van der Waals surface area contributed by atoms with Gasteiger partial charge in [0.15, 0.2) is 17.9 Å². The third-order valence-corrected chi connectivity index (χ3v) is 8.00. The number of nitrogen functional groups attached to an aromatic ring is 1. The monoisotopic (exact) mass is 715 g/mol. The van der Waals surface area contributed by atoms with Gasteiger partial charge in [0.2, 0.25) is 6.20 Å². The minimum absolute atomic E-state index is 0.0142. The molecule has 1 aliphatic rings. The summed E-state index contributed by atoms with van der Waals surface area (Å²) in [5, 5.41) is 27.2. The lowest BCUT2D eigenvalue weighted by molar-refractivity contribution is -0.754. The summed E-state index contributed by atoms with van der Waals surface area (Å²) in [6, 6.07) is 2.48. The Morgan fingerprint density at radius 2 is 2.04 bits per heavy atom. The number of hydrogen-bond acceptors (Lipinski definition) is 14. The van der Waals surface area contributed by atoms with Crippen LogP contribution in [0.2, 0.25) is 0 Å². The highest BCUT2D eigenvalue weighted by atomic mass is 32.3. The van der Waals surface area contributed by atoms with Crippen LogP contribution in [0.3, 0.4) is 0 Å². The van der Waals surface area contributed by atoms with Crippen LogP contribution in [0.4, 0.5) is 9.52 Å². The van der Waals surface area contributed by atoms with Crippen LogP contribution in [0, 0.1) is 5.82 Å². The van der Waals surface area contributed by atoms with E-state index in [0.717, 1.165) is 17.4 Å². The number of benzene rings is 1. The molecule has 2 unspecified atom stereocenters. The molecule has 48 heavy (non-hydrogen) atoms.